The summed E-state index contributed by atoms with van der Waals surface area (Å²) in [5.74, 6) is -0.727. The molecule has 0 fully saturated rings. The number of hydrogen-bond acceptors (Lipinski definition) is 4. The molecule has 0 radical (unpaired) electrons. The second-order valence-corrected chi connectivity index (χ2v) is 8.75. The minimum Gasteiger partial charge on any atom is -0.342 e. The van der Waals surface area contributed by atoms with Gasteiger partial charge in [0.1, 0.15) is 6.54 Å². The fraction of sp³-hybridized carbons (Fsp3) is 0.333. The van der Waals surface area contributed by atoms with Gasteiger partial charge in [-0.2, -0.15) is 0 Å². The number of benzene rings is 2. The van der Waals surface area contributed by atoms with Gasteiger partial charge in [-0.15, -0.1) is 0 Å². The molecular formula is C27H30N4O4. The highest BCUT2D eigenvalue weighted by Gasteiger charge is 2.34. The van der Waals surface area contributed by atoms with Crippen LogP contribution in [-0.4, -0.2) is 57.6 Å². The van der Waals surface area contributed by atoms with E-state index in [9.17, 15) is 19.2 Å². The molecular weight excluding hydrogens is 444 g/mol. The molecule has 8 heteroatoms. The zero-order valence-electron chi connectivity index (χ0n) is 20.3. The number of anilines is 1. The Morgan fingerprint density at radius 2 is 1.69 bits per heavy atom. The molecule has 8 nitrogen and oxygen atoms in total. The van der Waals surface area contributed by atoms with E-state index in [1.807, 2.05) is 61.9 Å². The van der Waals surface area contributed by atoms with Gasteiger partial charge in [0.05, 0.1) is 11.1 Å². The summed E-state index contributed by atoms with van der Waals surface area (Å²) >= 11 is 0. The summed E-state index contributed by atoms with van der Waals surface area (Å²) in [4.78, 5) is 53.0. The minimum atomic E-state index is -0.306. The number of hydrogen-bond donors (Lipinski definition) is 1. The van der Waals surface area contributed by atoms with Crippen molar-refractivity contribution in [3.8, 4) is 0 Å². The zero-order valence-corrected chi connectivity index (χ0v) is 20.3. The van der Waals surface area contributed by atoms with E-state index in [1.165, 1.54) is 4.90 Å². The van der Waals surface area contributed by atoms with E-state index in [2.05, 4.69) is 5.32 Å². The molecule has 2 aromatic carbocycles. The average molecular weight is 475 g/mol. The monoisotopic (exact) mass is 474 g/mol. The van der Waals surface area contributed by atoms with Crippen molar-refractivity contribution in [3.63, 3.8) is 0 Å². The molecule has 0 spiro atoms. The Bertz CT molecular complexity index is 1310. The van der Waals surface area contributed by atoms with Gasteiger partial charge in [-0.1, -0.05) is 11.6 Å². The lowest BCUT2D eigenvalue weighted by Crippen LogP contribution is -2.33. The maximum atomic E-state index is 12.6. The third-order valence-electron chi connectivity index (χ3n) is 6.39. The molecule has 1 N–H and O–H groups in total. The van der Waals surface area contributed by atoms with E-state index in [-0.39, 0.29) is 43.1 Å². The van der Waals surface area contributed by atoms with Crippen LogP contribution in [0.2, 0.25) is 0 Å². The molecule has 0 saturated carbocycles. The first-order valence-corrected chi connectivity index (χ1v) is 12.0. The predicted molar refractivity (Wildman–Crippen MR) is 134 cm³/mol. The number of carbonyl (C=O) groups excluding carboxylic acids is 4. The SMILES string of the molecule is CCN(CC)C(=O)Cn1ccc2cc(NC(=O)CCCN3C(=O)c4ccc(C)cc4C3=O)ccc21. The number of aryl methyl sites for hydroxylation is 1. The number of nitrogens with zero attached hydrogens (tertiary/aromatic N) is 3. The summed E-state index contributed by atoms with van der Waals surface area (Å²) in [5.41, 5.74) is 3.35. The van der Waals surface area contributed by atoms with Crippen molar-refractivity contribution in [1.82, 2.24) is 14.4 Å². The zero-order chi connectivity index (χ0) is 25.1. The molecule has 3 aromatic rings. The van der Waals surface area contributed by atoms with Gasteiger partial charge in [-0.05, 0) is 63.6 Å². The average Bonchev–Trinajstić information content (AvgIpc) is 3.33. The van der Waals surface area contributed by atoms with Gasteiger partial charge in [-0.3, -0.25) is 24.1 Å². The number of nitrogens with one attached hydrogen (secondary N) is 1. The molecule has 1 aliphatic heterocycles. The maximum Gasteiger partial charge on any atom is 0.261 e. The highest BCUT2D eigenvalue weighted by Crippen LogP contribution is 2.24. The van der Waals surface area contributed by atoms with Gasteiger partial charge >= 0.3 is 0 Å². The van der Waals surface area contributed by atoms with Crippen LogP contribution >= 0.6 is 0 Å². The number of rotatable bonds is 9. The van der Waals surface area contributed by atoms with Crippen molar-refractivity contribution in [2.24, 2.45) is 0 Å². The summed E-state index contributed by atoms with van der Waals surface area (Å²) in [7, 11) is 0. The Labute approximate surface area is 204 Å². The van der Waals surface area contributed by atoms with Gasteiger partial charge in [0.2, 0.25) is 11.8 Å². The lowest BCUT2D eigenvalue weighted by molar-refractivity contribution is -0.131. The first-order chi connectivity index (χ1) is 16.8. The Hall–Kier alpha value is -3.94. The molecule has 0 bridgehead atoms. The Morgan fingerprint density at radius 1 is 0.943 bits per heavy atom. The number of amides is 4. The van der Waals surface area contributed by atoms with Crippen LogP contribution in [0, 0.1) is 6.92 Å². The quantitative estimate of drug-likeness (QED) is 0.477. The second kappa shape index (κ2) is 10.1. The Kier molecular flexibility index (Phi) is 7.00. The van der Waals surface area contributed by atoms with Crippen LogP contribution in [0.4, 0.5) is 5.69 Å². The van der Waals surface area contributed by atoms with Gasteiger partial charge in [0, 0.05) is 48.8 Å². The van der Waals surface area contributed by atoms with Crippen molar-refractivity contribution in [2.75, 3.05) is 25.0 Å². The van der Waals surface area contributed by atoms with Crippen LogP contribution in [0.25, 0.3) is 10.9 Å². The lowest BCUT2D eigenvalue weighted by atomic mass is 10.1. The molecule has 1 aromatic heterocycles. The highest BCUT2D eigenvalue weighted by molar-refractivity contribution is 6.21. The summed E-state index contributed by atoms with van der Waals surface area (Å²) < 4.78 is 1.91. The van der Waals surface area contributed by atoms with Crippen molar-refractivity contribution < 1.29 is 19.2 Å². The second-order valence-electron chi connectivity index (χ2n) is 8.75. The standard InChI is InChI=1S/C27H30N4O4/c1-4-29(5-2)25(33)17-30-14-12-19-16-20(9-11-23(19)30)28-24(32)7-6-13-31-26(34)21-10-8-18(3)15-22(21)27(31)35/h8-12,14-16H,4-7,13,17H2,1-3H3,(H,28,32). The molecule has 1 aliphatic rings. The molecule has 0 saturated heterocycles. The molecule has 4 amide bonds. The number of likely N-dealkylation sites (N-methyl/N-ethyl adjacent to an activating group) is 1. The molecule has 182 valence electrons. The van der Waals surface area contributed by atoms with E-state index in [4.69, 9.17) is 0 Å². The fourth-order valence-corrected chi connectivity index (χ4v) is 4.47. The minimum absolute atomic E-state index is 0.0677. The summed E-state index contributed by atoms with van der Waals surface area (Å²) in [6.45, 7) is 7.63. The molecule has 0 unspecified atom stereocenters. The van der Waals surface area contributed by atoms with Crippen molar-refractivity contribution >= 4 is 40.2 Å². The van der Waals surface area contributed by atoms with E-state index in [1.54, 1.807) is 17.0 Å². The number of imide groups is 1. The van der Waals surface area contributed by atoms with E-state index >= 15 is 0 Å². The number of carbonyl (C=O) groups is 4. The van der Waals surface area contributed by atoms with E-state index < -0.39 is 0 Å². The van der Waals surface area contributed by atoms with Gasteiger partial charge in [-0.25, -0.2) is 0 Å². The van der Waals surface area contributed by atoms with E-state index in [0.29, 0.717) is 36.3 Å². The molecule has 0 aliphatic carbocycles. The van der Waals surface area contributed by atoms with Crippen LogP contribution in [0.1, 0.15) is 53.0 Å². The third kappa shape index (κ3) is 4.96. The smallest absolute Gasteiger partial charge is 0.261 e. The third-order valence-corrected chi connectivity index (χ3v) is 6.39. The van der Waals surface area contributed by atoms with Crippen molar-refractivity contribution in [3.05, 3.63) is 65.4 Å². The fourth-order valence-electron chi connectivity index (χ4n) is 4.47. The lowest BCUT2D eigenvalue weighted by Gasteiger charge is -2.19. The van der Waals surface area contributed by atoms with Crippen LogP contribution in [0.3, 0.4) is 0 Å². The maximum absolute atomic E-state index is 12.6. The summed E-state index contributed by atoms with van der Waals surface area (Å²) in [6.07, 6.45) is 2.44. The van der Waals surface area contributed by atoms with Crippen molar-refractivity contribution in [2.45, 2.75) is 40.2 Å². The molecule has 4 rings (SSSR count). The highest BCUT2D eigenvalue weighted by atomic mass is 16.2. The number of aromatic nitrogens is 1. The van der Waals surface area contributed by atoms with Gasteiger partial charge in [0.15, 0.2) is 0 Å². The molecule has 35 heavy (non-hydrogen) atoms. The largest absolute Gasteiger partial charge is 0.342 e. The van der Waals surface area contributed by atoms with E-state index in [0.717, 1.165) is 16.5 Å². The topological polar surface area (TPSA) is 91.7 Å². The van der Waals surface area contributed by atoms with Crippen molar-refractivity contribution in [1.29, 1.82) is 0 Å². The normalized spacial score (nSPS) is 12.8. The van der Waals surface area contributed by atoms with Crippen LogP contribution < -0.4 is 5.32 Å². The van der Waals surface area contributed by atoms with Crippen LogP contribution in [0.5, 0.6) is 0 Å². The molecule has 0 atom stereocenters. The first kappa shape index (κ1) is 24.2. The summed E-state index contributed by atoms with van der Waals surface area (Å²) in [5, 5.41) is 3.81. The Balaban J connectivity index is 1.32. The summed E-state index contributed by atoms with van der Waals surface area (Å²) in [6, 6.07) is 12.7. The number of fused-ring (bicyclic) bond motifs is 2. The first-order valence-electron chi connectivity index (χ1n) is 12.0. The van der Waals surface area contributed by atoms with Gasteiger partial charge in [0.25, 0.3) is 11.8 Å². The Morgan fingerprint density at radius 3 is 2.43 bits per heavy atom. The van der Waals surface area contributed by atoms with Gasteiger partial charge < -0.3 is 14.8 Å². The van der Waals surface area contributed by atoms with Crippen LogP contribution in [-0.2, 0) is 16.1 Å². The molecule has 2 heterocycles. The van der Waals surface area contributed by atoms with Crippen LogP contribution in [0.15, 0.2) is 48.7 Å². The predicted octanol–water partition coefficient (Wildman–Crippen LogP) is 3.83.